The maximum absolute atomic E-state index is 14.3. The number of ether oxygens (including phenoxy) is 1. The predicted molar refractivity (Wildman–Crippen MR) is 170 cm³/mol. The molecule has 3 aliphatic rings. The van der Waals surface area contributed by atoms with E-state index in [-0.39, 0.29) is 29.3 Å². The van der Waals surface area contributed by atoms with Crippen LogP contribution in [0.25, 0.3) is 10.9 Å². The fourth-order valence-corrected chi connectivity index (χ4v) is 7.64. The number of carbonyl (C=O) groups excluding carboxylic acids is 2. The third-order valence-electron chi connectivity index (χ3n) is 10.3. The molecule has 2 N–H and O–H groups in total. The fraction of sp³-hybridized carbons (Fsp3) is 0.543. The number of rotatable bonds is 9. The van der Waals surface area contributed by atoms with Crippen LogP contribution in [-0.2, 0) is 21.4 Å². The number of likely N-dealkylation sites (N-methyl/N-ethyl adjacent to an activating group) is 1. The summed E-state index contributed by atoms with van der Waals surface area (Å²) in [6.07, 6.45) is 8.08. The van der Waals surface area contributed by atoms with Gasteiger partial charge in [0.2, 0.25) is 5.91 Å². The summed E-state index contributed by atoms with van der Waals surface area (Å²) < 4.78 is 5.99. The van der Waals surface area contributed by atoms with Crippen LogP contribution in [0.4, 0.5) is 4.79 Å². The van der Waals surface area contributed by atoms with Crippen LogP contribution in [0, 0.1) is 0 Å². The Balaban J connectivity index is 1.18. The monoisotopic (exact) mass is 585 g/mol. The number of hydrogen-bond donors (Lipinski definition) is 2. The number of nitrogens with zero attached hydrogens (tertiary/aromatic N) is 3. The molecule has 0 bridgehead atoms. The first kappa shape index (κ1) is 29.7. The van der Waals surface area contributed by atoms with Crippen molar-refractivity contribution in [3.8, 4) is 0 Å². The van der Waals surface area contributed by atoms with Crippen molar-refractivity contribution in [2.45, 2.75) is 68.9 Å². The number of aryl methyl sites for hydroxylation is 1. The van der Waals surface area contributed by atoms with Crippen LogP contribution in [0.15, 0.2) is 54.7 Å². The molecule has 230 valence electrons. The van der Waals surface area contributed by atoms with Gasteiger partial charge in [-0.1, -0.05) is 49.4 Å². The molecular formula is C35H47N5O3. The minimum absolute atomic E-state index is 0.0111. The number of benzene rings is 2. The van der Waals surface area contributed by atoms with Gasteiger partial charge in [0.15, 0.2) is 0 Å². The molecule has 1 spiro atoms. The average molecular weight is 586 g/mol. The van der Waals surface area contributed by atoms with E-state index < -0.39 is 6.04 Å². The molecule has 2 aliphatic heterocycles. The second-order valence-corrected chi connectivity index (χ2v) is 13.1. The molecule has 8 heteroatoms. The van der Waals surface area contributed by atoms with Crippen LogP contribution in [0.2, 0.25) is 0 Å². The fourth-order valence-electron chi connectivity index (χ4n) is 7.64. The van der Waals surface area contributed by atoms with Crippen molar-refractivity contribution in [2.24, 2.45) is 0 Å². The van der Waals surface area contributed by atoms with Gasteiger partial charge in [-0.15, -0.1) is 0 Å². The van der Waals surface area contributed by atoms with E-state index in [0.29, 0.717) is 32.8 Å². The van der Waals surface area contributed by atoms with Crippen molar-refractivity contribution in [1.82, 2.24) is 25.0 Å². The first-order chi connectivity index (χ1) is 20.9. The highest BCUT2D eigenvalue weighted by molar-refractivity contribution is 5.90. The van der Waals surface area contributed by atoms with Gasteiger partial charge in [-0.2, -0.15) is 0 Å². The molecule has 3 aromatic rings. The van der Waals surface area contributed by atoms with Crippen LogP contribution in [-0.4, -0.2) is 97.2 Å². The zero-order chi connectivity index (χ0) is 30.0. The molecule has 0 unspecified atom stereocenters. The molecule has 6 rings (SSSR count). The Labute approximate surface area is 255 Å². The third kappa shape index (κ3) is 6.04. The SMILES string of the molecule is C[C@@H](c1c[nH]c2ccccc12)[C@@H](NC(=O)N1CCC2(CCc3ccccc32)CC1)C(=O)N1CCC[C@@H]1COCCN(C)C. The molecule has 0 radical (unpaired) electrons. The maximum Gasteiger partial charge on any atom is 0.318 e. The highest BCUT2D eigenvalue weighted by Crippen LogP contribution is 2.46. The van der Waals surface area contributed by atoms with Gasteiger partial charge < -0.3 is 29.7 Å². The predicted octanol–water partition coefficient (Wildman–Crippen LogP) is 4.90. The molecule has 2 fully saturated rings. The molecule has 3 amide bonds. The first-order valence-electron chi connectivity index (χ1n) is 16.1. The summed E-state index contributed by atoms with van der Waals surface area (Å²) >= 11 is 0. The largest absolute Gasteiger partial charge is 0.378 e. The van der Waals surface area contributed by atoms with E-state index in [4.69, 9.17) is 4.74 Å². The molecule has 1 aliphatic carbocycles. The number of aromatic amines is 1. The number of amides is 3. The summed E-state index contributed by atoms with van der Waals surface area (Å²) in [4.78, 5) is 37.6. The number of nitrogens with one attached hydrogen (secondary N) is 2. The number of fused-ring (bicyclic) bond motifs is 3. The topological polar surface area (TPSA) is 80.9 Å². The van der Waals surface area contributed by atoms with Crippen LogP contribution >= 0.6 is 0 Å². The van der Waals surface area contributed by atoms with Crippen LogP contribution in [0.1, 0.15) is 61.6 Å². The van der Waals surface area contributed by atoms with E-state index in [1.165, 1.54) is 11.1 Å². The van der Waals surface area contributed by atoms with Gasteiger partial charge >= 0.3 is 6.03 Å². The first-order valence-corrected chi connectivity index (χ1v) is 16.1. The molecule has 3 heterocycles. The van der Waals surface area contributed by atoms with Crippen molar-refractivity contribution in [1.29, 1.82) is 0 Å². The van der Waals surface area contributed by atoms with E-state index >= 15 is 0 Å². The summed E-state index contributed by atoms with van der Waals surface area (Å²) in [5.74, 6) is -0.218. The normalized spacial score (nSPS) is 21.0. The number of aromatic nitrogens is 1. The van der Waals surface area contributed by atoms with Gasteiger partial charge in [0.05, 0.1) is 19.3 Å². The van der Waals surface area contributed by atoms with Crippen LogP contribution in [0.5, 0.6) is 0 Å². The average Bonchev–Trinajstić information content (AvgIpc) is 3.76. The quantitative estimate of drug-likeness (QED) is 0.350. The Bertz CT molecular complexity index is 1430. The number of para-hydroxylation sites is 1. The Morgan fingerprint density at radius 1 is 1.07 bits per heavy atom. The number of piperidine rings is 1. The molecular weight excluding hydrogens is 538 g/mol. The second kappa shape index (κ2) is 12.7. The Kier molecular flexibility index (Phi) is 8.78. The lowest BCUT2D eigenvalue weighted by atomic mass is 9.74. The summed E-state index contributed by atoms with van der Waals surface area (Å²) in [5.41, 5.74) is 5.20. The van der Waals surface area contributed by atoms with Crippen molar-refractivity contribution >= 4 is 22.8 Å². The second-order valence-electron chi connectivity index (χ2n) is 13.1. The Morgan fingerprint density at radius 2 is 1.84 bits per heavy atom. The van der Waals surface area contributed by atoms with Gasteiger partial charge in [0, 0.05) is 49.2 Å². The zero-order valence-electron chi connectivity index (χ0n) is 26.0. The highest BCUT2D eigenvalue weighted by Gasteiger charge is 2.43. The number of carbonyl (C=O) groups is 2. The lowest BCUT2D eigenvalue weighted by Crippen LogP contribution is -2.57. The standard InChI is InChI=1S/C35H47N5O3/c1-25(29-23-36-31-13-7-5-11-28(29)31)32(33(41)40-18-8-10-27(40)24-43-22-21-38(2)3)37-34(42)39-19-16-35(17-20-39)15-14-26-9-4-6-12-30(26)35/h4-7,9,11-13,23,25,27,32,36H,8,10,14-22,24H2,1-3H3,(H,37,42)/t25-,27+,32+/m0/s1. The molecule has 2 saturated heterocycles. The Hall–Kier alpha value is -3.36. The third-order valence-corrected chi connectivity index (χ3v) is 10.3. The van der Waals surface area contributed by atoms with E-state index in [2.05, 4.69) is 52.5 Å². The van der Waals surface area contributed by atoms with Crippen LogP contribution < -0.4 is 5.32 Å². The van der Waals surface area contributed by atoms with E-state index in [1.807, 2.05) is 48.3 Å². The molecule has 3 atom stereocenters. The van der Waals surface area contributed by atoms with Crippen LogP contribution in [0.3, 0.4) is 0 Å². The minimum atomic E-state index is -0.669. The van der Waals surface area contributed by atoms with Crippen molar-refractivity contribution in [2.75, 3.05) is 53.5 Å². The van der Waals surface area contributed by atoms with Crippen molar-refractivity contribution < 1.29 is 14.3 Å². The summed E-state index contributed by atoms with van der Waals surface area (Å²) in [6, 6.07) is 16.2. The van der Waals surface area contributed by atoms with Gasteiger partial charge in [-0.05, 0) is 80.8 Å². The maximum atomic E-state index is 14.3. The molecule has 8 nitrogen and oxygen atoms in total. The zero-order valence-corrected chi connectivity index (χ0v) is 26.0. The molecule has 43 heavy (non-hydrogen) atoms. The lowest BCUT2D eigenvalue weighted by Gasteiger charge is -2.41. The number of H-pyrrole nitrogens is 1. The number of likely N-dealkylation sites (tertiary alicyclic amines) is 2. The number of hydrogen-bond acceptors (Lipinski definition) is 4. The molecule has 1 aromatic heterocycles. The number of urea groups is 1. The molecule has 2 aromatic carbocycles. The van der Waals surface area contributed by atoms with E-state index in [0.717, 1.165) is 61.5 Å². The van der Waals surface area contributed by atoms with Gasteiger partial charge in [-0.3, -0.25) is 4.79 Å². The smallest absolute Gasteiger partial charge is 0.318 e. The summed E-state index contributed by atoms with van der Waals surface area (Å²) in [7, 11) is 4.06. The highest BCUT2D eigenvalue weighted by atomic mass is 16.5. The van der Waals surface area contributed by atoms with Gasteiger partial charge in [-0.25, -0.2) is 4.79 Å². The lowest BCUT2D eigenvalue weighted by molar-refractivity contribution is -0.135. The van der Waals surface area contributed by atoms with Crippen molar-refractivity contribution in [3.05, 3.63) is 71.4 Å². The van der Waals surface area contributed by atoms with E-state index in [1.54, 1.807) is 0 Å². The summed E-state index contributed by atoms with van der Waals surface area (Å²) in [6.45, 7) is 6.18. The summed E-state index contributed by atoms with van der Waals surface area (Å²) in [5, 5.41) is 4.34. The Morgan fingerprint density at radius 3 is 2.65 bits per heavy atom. The minimum Gasteiger partial charge on any atom is -0.378 e. The van der Waals surface area contributed by atoms with Gasteiger partial charge in [0.1, 0.15) is 6.04 Å². The van der Waals surface area contributed by atoms with E-state index in [9.17, 15) is 9.59 Å². The van der Waals surface area contributed by atoms with Crippen molar-refractivity contribution in [3.63, 3.8) is 0 Å². The van der Waals surface area contributed by atoms with Gasteiger partial charge in [0.25, 0.3) is 0 Å². The molecule has 0 saturated carbocycles.